The summed E-state index contributed by atoms with van der Waals surface area (Å²) in [6.07, 6.45) is 0. The predicted octanol–water partition coefficient (Wildman–Crippen LogP) is 2.78. The van der Waals surface area contributed by atoms with E-state index in [2.05, 4.69) is 5.43 Å². The molecule has 0 aliphatic heterocycles. The van der Waals surface area contributed by atoms with Gasteiger partial charge < -0.3 is 5.43 Å². The van der Waals surface area contributed by atoms with Crippen molar-refractivity contribution in [1.82, 2.24) is 0 Å². The molecule has 2 rings (SSSR count). The number of hydrazine groups is 1. The normalized spacial score (nSPS) is 10.0. The Kier molecular flexibility index (Phi) is 2.65. The number of nitrogens with one attached hydrogen (secondary N) is 1. The number of nitrogen functional groups attached to an aromatic ring is 1. The van der Waals surface area contributed by atoms with E-state index in [1.54, 1.807) is 6.07 Å². The molecule has 15 heavy (non-hydrogen) atoms. The van der Waals surface area contributed by atoms with Crippen molar-refractivity contribution in [3.63, 3.8) is 0 Å². The molecule has 0 saturated carbocycles. The van der Waals surface area contributed by atoms with Crippen LogP contribution in [0.2, 0.25) is 0 Å². The molecule has 0 bridgehead atoms. The molecule has 0 fully saturated rings. The van der Waals surface area contributed by atoms with Crippen molar-refractivity contribution < 1.29 is 4.39 Å². The summed E-state index contributed by atoms with van der Waals surface area (Å²) in [7, 11) is 0. The Hall–Kier alpha value is -1.87. The maximum absolute atomic E-state index is 13.0. The van der Waals surface area contributed by atoms with E-state index >= 15 is 0 Å². The number of anilines is 1. The molecule has 0 spiro atoms. The molecule has 2 aromatic carbocycles. The summed E-state index contributed by atoms with van der Waals surface area (Å²) in [5, 5.41) is 0. The van der Waals surface area contributed by atoms with Gasteiger partial charge in [0.1, 0.15) is 5.82 Å². The van der Waals surface area contributed by atoms with E-state index in [9.17, 15) is 4.39 Å². The Balaban J connectivity index is 2.44. The fourth-order valence-electron chi connectivity index (χ4n) is 1.46. The molecule has 76 valence electrons. The third-order valence-electron chi connectivity index (χ3n) is 2.19. The number of hydrogen-bond donors (Lipinski definition) is 2. The van der Waals surface area contributed by atoms with Gasteiger partial charge in [0, 0.05) is 5.69 Å². The average molecular weight is 202 g/mol. The summed E-state index contributed by atoms with van der Waals surface area (Å²) < 4.78 is 13.0. The van der Waals surface area contributed by atoms with Crippen molar-refractivity contribution >= 4 is 5.69 Å². The molecule has 0 radical (unpaired) electrons. The van der Waals surface area contributed by atoms with Crippen LogP contribution in [0.3, 0.4) is 0 Å². The number of hydrogen-bond acceptors (Lipinski definition) is 2. The van der Waals surface area contributed by atoms with Crippen molar-refractivity contribution in [3.05, 3.63) is 54.3 Å². The number of benzene rings is 2. The lowest BCUT2D eigenvalue weighted by Crippen LogP contribution is -2.06. The fourth-order valence-corrected chi connectivity index (χ4v) is 1.46. The van der Waals surface area contributed by atoms with Crippen molar-refractivity contribution in [3.8, 4) is 11.1 Å². The van der Waals surface area contributed by atoms with Crippen LogP contribution in [0.5, 0.6) is 0 Å². The molecule has 0 atom stereocenters. The van der Waals surface area contributed by atoms with Gasteiger partial charge in [-0.2, -0.15) is 0 Å². The SMILES string of the molecule is NNc1cccc(-c2cccc(F)c2)c1. The third-order valence-corrected chi connectivity index (χ3v) is 2.19. The van der Waals surface area contributed by atoms with Gasteiger partial charge in [-0.1, -0.05) is 24.3 Å². The predicted molar refractivity (Wildman–Crippen MR) is 59.6 cm³/mol. The van der Waals surface area contributed by atoms with Crippen LogP contribution in [-0.4, -0.2) is 0 Å². The second kappa shape index (κ2) is 4.11. The molecular weight excluding hydrogens is 191 g/mol. The lowest BCUT2D eigenvalue weighted by Gasteiger charge is -2.04. The smallest absolute Gasteiger partial charge is 0.123 e. The van der Waals surface area contributed by atoms with Crippen molar-refractivity contribution in [2.45, 2.75) is 0 Å². The first-order valence-corrected chi connectivity index (χ1v) is 4.62. The van der Waals surface area contributed by atoms with Gasteiger partial charge in [-0.25, -0.2) is 4.39 Å². The van der Waals surface area contributed by atoms with Gasteiger partial charge in [-0.05, 0) is 35.4 Å². The summed E-state index contributed by atoms with van der Waals surface area (Å²) in [5.74, 6) is 5.07. The van der Waals surface area contributed by atoms with E-state index in [-0.39, 0.29) is 5.82 Å². The van der Waals surface area contributed by atoms with Gasteiger partial charge >= 0.3 is 0 Å². The molecule has 2 nitrogen and oxygen atoms in total. The number of nitrogens with two attached hydrogens (primary N) is 1. The largest absolute Gasteiger partial charge is 0.324 e. The molecule has 0 saturated heterocycles. The Morgan fingerprint density at radius 3 is 2.27 bits per heavy atom. The Morgan fingerprint density at radius 2 is 1.60 bits per heavy atom. The summed E-state index contributed by atoms with van der Waals surface area (Å²) in [4.78, 5) is 0. The molecular formula is C12H11FN2. The first-order valence-electron chi connectivity index (χ1n) is 4.62. The molecule has 3 heteroatoms. The molecule has 0 aliphatic carbocycles. The molecule has 0 heterocycles. The van der Waals surface area contributed by atoms with Gasteiger partial charge in [0.25, 0.3) is 0 Å². The van der Waals surface area contributed by atoms with Crippen LogP contribution in [0.15, 0.2) is 48.5 Å². The lowest BCUT2D eigenvalue weighted by atomic mass is 10.1. The van der Waals surface area contributed by atoms with Gasteiger partial charge in [0.05, 0.1) is 0 Å². The molecule has 0 aliphatic rings. The zero-order valence-electron chi connectivity index (χ0n) is 8.07. The van der Waals surface area contributed by atoms with Crippen LogP contribution in [0.1, 0.15) is 0 Å². The minimum absolute atomic E-state index is 0.237. The monoisotopic (exact) mass is 202 g/mol. The highest BCUT2D eigenvalue weighted by molar-refractivity contribution is 5.67. The first kappa shape index (κ1) is 9.68. The van der Waals surface area contributed by atoms with E-state index in [4.69, 9.17) is 5.84 Å². The van der Waals surface area contributed by atoms with Crippen molar-refractivity contribution in [2.24, 2.45) is 5.84 Å². The first-order chi connectivity index (χ1) is 7.29. The van der Waals surface area contributed by atoms with Crippen LogP contribution in [0, 0.1) is 5.82 Å². The van der Waals surface area contributed by atoms with Gasteiger partial charge in [-0.15, -0.1) is 0 Å². The topological polar surface area (TPSA) is 38.0 Å². The molecule has 0 aromatic heterocycles. The van der Waals surface area contributed by atoms with E-state index in [0.717, 1.165) is 16.8 Å². The van der Waals surface area contributed by atoms with Crippen LogP contribution >= 0.6 is 0 Å². The minimum Gasteiger partial charge on any atom is -0.324 e. The second-order valence-corrected chi connectivity index (χ2v) is 3.24. The van der Waals surface area contributed by atoms with Crippen molar-refractivity contribution in [1.29, 1.82) is 0 Å². The lowest BCUT2D eigenvalue weighted by molar-refractivity contribution is 0.628. The van der Waals surface area contributed by atoms with Gasteiger partial charge in [0.2, 0.25) is 0 Å². The number of rotatable bonds is 2. The Labute approximate surface area is 87.5 Å². The van der Waals surface area contributed by atoms with Crippen LogP contribution in [-0.2, 0) is 0 Å². The number of halogens is 1. The summed E-state index contributed by atoms with van der Waals surface area (Å²) in [5.41, 5.74) is 5.14. The quantitative estimate of drug-likeness (QED) is 0.580. The Morgan fingerprint density at radius 1 is 0.933 bits per heavy atom. The van der Waals surface area contributed by atoms with Crippen LogP contribution in [0.25, 0.3) is 11.1 Å². The average Bonchev–Trinajstić information content (AvgIpc) is 2.29. The van der Waals surface area contributed by atoms with Crippen LogP contribution < -0.4 is 11.3 Å². The molecule has 2 aromatic rings. The van der Waals surface area contributed by atoms with E-state index in [0.29, 0.717) is 0 Å². The second-order valence-electron chi connectivity index (χ2n) is 3.24. The Bertz CT molecular complexity index is 469. The molecule has 3 N–H and O–H groups in total. The summed E-state index contributed by atoms with van der Waals surface area (Å²) >= 11 is 0. The molecule has 0 amide bonds. The third kappa shape index (κ3) is 2.14. The highest BCUT2D eigenvalue weighted by Gasteiger charge is 1.99. The zero-order chi connectivity index (χ0) is 10.7. The fraction of sp³-hybridized carbons (Fsp3) is 0. The van der Waals surface area contributed by atoms with Gasteiger partial charge in [-0.3, -0.25) is 5.84 Å². The standard InChI is InChI=1S/C12H11FN2/c13-11-5-1-3-9(7-11)10-4-2-6-12(8-10)15-14/h1-8,15H,14H2. The van der Waals surface area contributed by atoms with E-state index < -0.39 is 0 Å². The van der Waals surface area contributed by atoms with Gasteiger partial charge in [0.15, 0.2) is 0 Å². The minimum atomic E-state index is -0.237. The maximum Gasteiger partial charge on any atom is 0.123 e. The van der Waals surface area contributed by atoms with E-state index in [1.165, 1.54) is 12.1 Å². The summed E-state index contributed by atoms with van der Waals surface area (Å²) in [6.45, 7) is 0. The van der Waals surface area contributed by atoms with E-state index in [1.807, 2.05) is 30.3 Å². The highest BCUT2D eigenvalue weighted by Crippen LogP contribution is 2.22. The van der Waals surface area contributed by atoms with Crippen molar-refractivity contribution in [2.75, 3.05) is 5.43 Å². The van der Waals surface area contributed by atoms with Crippen LogP contribution in [0.4, 0.5) is 10.1 Å². The molecule has 0 unspecified atom stereocenters. The maximum atomic E-state index is 13.0. The highest BCUT2D eigenvalue weighted by atomic mass is 19.1. The summed E-state index contributed by atoms with van der Waals surface area (Å²) in [6, 6.07) is 14.0. The zero-order valence-corrected chi connectivity index (χ0v) is 8.07.